The predicted octanol–water partition coefficient (Wildman–Crippen LogP) is 3.84. The minimum absolute atomic E-state index is 0.0998. The van der Waals surface area contributed by atoms with Crippen LogP contribution in [-0.4, -0.2) is 27.8 Å². The van der Waals surface area contributed by atoms with Gasteiger partial charge in [0.05, 0.1) is 22.5 Å². The Morgan fingerprint density at radius 2 is 1.72 bits per heavy atom. The molecule has 0 radical (unpaired) electrons. The summed E-state index contributed by atoms with van der Waals surface area (Å²) in [4.78, 5) is 34.0. The van der Waals surface area contributed by atoms with Crippen molar-refractivity contribution in [2.75, 3.05) is 5.32 Å². The normalized spacial score (nSPS) is 13.4. The number of hydrogen-bond acceptors (Lipinski definition) is 4. The first-order chi connectivity index (χ1) is 13.8. The third kappa shape index (κ3) is 3.94. The van der Waals surface area contributed by atoms with E-state index in [0.29, 0.717) is 33.7 Å². The number of benzene rings is 2. The van der Waals surface area contributed by atoms with Crippen LogP contribution in [0.2, 0.25) is 0 Å². The summed E-state index contributed by atoms with van der Waals surface area (Å²) >= 11 is 0. The van der Waals surface area contributed by atoms with Crippen molar-refractivity contribution in [3.05, 3.63) is 64.2 Å². The number of nitrogens with zero attached hydrogens (tertiary/aromatic N) is 2. The average Bonchev–Trinajstić information content (AvgIpc) is 3.48. The molecule has 0 atom stereocenters. The molecule has 1 aliphatic carbocycles. The fourth-order valence-corrected chi connectivity index (χ4v) is 3.05. The SMILES string of the molecule is Cc1ccc(C(=O)NC2CC2)cc1NC(=O)c1cc(F)cc2nc(C)c(C)nc12. The van der Waals surface area contributed by atoms with E-state index in [9.17, 15) is 14.0 Å². The van der Waals surface area contributed by atoms with Crippen molar-refractivity contribution in [1.82, 2.24) is 15.3 Å². The third-order valence-corrected chi connectivity index (χ3v) is 5.05. The summed E-state index contributed by atoms with van der Waals surface area (Å²) in [6.45, 7) is 5.40. The number of anilines is 1. The molecule has 2 aromatic carbocycles. The summed E-state index contributed by atoms with van der Waals surface area (Å²) in [5.74, 6) is -1.24. The molecule has 0 aliphatic heterocycles. The predicted molar refractivity (Wildman–Crippen MR) is 109 cm³/mol. The number of fused-ring (bicyclic) bond motifs is 1. The van der Waals surface area contributed by atoms with Crippen molar-refractivity contribution >= 4 is 28.5 Å². The van der Waals surface area contributed by atoms with Gasteiger partial charge in [0.2, 0.25) is 0 Å². The molecular weight excluding hydrogens is 371 g/mol. The van der Waals surface area contributed by atoms with E-state index in [-0.39, 0.29) is 17.5 Å². The van der Waals surface area contributed by atoms with E-state index in [2.05, 4.69) is 20.6 Å². The second-order valence-electron chi connectivity index (χ2n) is 7.45. The summed E-state index contributed by atoms with van der Waals surface area (Å²) in [6, 6.07) is 7.78. The molecule has 2 N–H and O–H groups in total. The maximum absolute atomic E-state index is 14.1. The number of amides is 2. The van der Waals surface area contributed by atoms with Crippen LogP contribution < -0.4 is 10.6 Å². The van der Waals surface area contributed by atoms with Crippen LogP contribution in [0.4, 0.5) is 10.1 Å². The van der Waals surface area contributed by atoms with Gasteiger partial charge in [0, 0.05) is 23.4 Å². The number of nitrogens with one attached hydrogen (secondary N) is 2. The highest BCUT2D eigenvalue weighted by atomic mass is 19.1. The van der Waals surface area contributed by atoms with Crippen LogP contribution in [0.15, 0.2) is 30.3 Å². The fourth-order valence-electron chi connectivity index (χ4n) is 3.05. The van der Waals surface area contributed by atoms with Crippen LogP contribution in [0.25, 0.3) is 11.0 Å². The van der Waals surface area contributed by atoms with Gasteiger partial charge in [0.15, 0.2) is 0 Å². The zero-order chi connectivity index (χ0) is 20.7. The summed E-state index contributed by atoms with van der Waals surface area (Å²) in [5.41, 5.74) is 3.87. The molecule has 1 saturated carbocycles. The first-order valence-electron chi connectivity index (χ1n) is 9.49. The largest absolute Gasteiger partial charge is 0.349 e. The topological polar surface area (TPSA) is 84.0 Å². The highest BCUT2D eigenvalue weighted by Gasteiger charge is 2.24. The van der Waals surface area contributed by atoms with Gasteiger partial charge in [0.25, 0.3) is 11.8 Å². The Morgan fingerprint density at radius 1 is 1.00 bits per heavy atom. The van der Waals surface area contributed by atoms with E-state index in [1.165, 1.54) is 6.07 Å². The van der Waals surface area contributed by atoms with E-state index in [0.717, 1.165) is 24.5 Å². The minimum Gasteiger partial charge on any atom is -0.349 e. The van der Waals surface area contributed by atoms with Gasteiger partial charge in [0.1, 0.15) is 11.3 Å². The van der Waals surface area contributed by atoms with Crippen molar-refractivity contribution in [3.63, 3.8) is 0 Å². The third-order valence-electron chi connectivity index (χ3n) is 5.05. The summed E-state index contributed by atoms with van der Waals surface area (Å²) in [6.07, 6.45) is 1.99. The number of carbonyl (C=O) groups is 2. The van der Waals surface area contributed by atoms with E-state index in [4.69, 9.17) is 0 Å². The molecule has 4 rings (SSSR count). The standard InChI is InChI=1S/C22H21FN4O2/c1-11-4-5-14(21(28)26-16-6-7-16)8-18(11)27-22(29)17-9-15(23)10-19-20(17)25-13(3)12(2)24-19/h4-5,8-10,16H,6-7H2,1-3H3,(H,26,28)(H,27,29). The molecule has 3 aromatic rings. The second kappa shape index (κ2) is 7.24. The van der Waals surface area contributed by atoms with E-state index in [1.54, 1.807) is 32.0 Å². The molecule has 29 heavy (non-hydrogen) atoms. The van der Waals surface area contributed by atoms with Crippen molar-refractivity contribution in [2.45, 2.75) is 39.7 Å². The second-order valence-corrected chi connectivity index (χ2v) is 7.45. The Balaban J connectivity index is 1.67. The van der Waals surface area contributed by atoms with Gasteiger partial charge < -0.3 is 10.6 Å². The maximum atomic E-state index is 14.1. The van der Waals surface area contributed by atoms with Gasteiger partial charge in [-0.15, -0.1) is 0 Å². The lowest BCUT2D eigenvalue weighted by Crippen LogP contribution is -2.25. The Hall–Kier alpha value is -3.35. The van der Waals surface area contributed by atoms with Crippen molar-refractivity contribution in [1.29, 1.82) is 0 Å². The van der Waals surface area contributed by atoms with Crippen LogP contribution in [0, 0.1) is 26.6 Å². The number of hydrogen-bond donors (Lipinski definition) is 2. The first kappa shape index (κ1) is 19.0. The van der Waals surface area contributed by atoms with Crippen LogP contribution in [0.3, 0.4) is 0 Å². The molecule has 0 saturated heterocycles. The monoisotopic (exact) mass is 392 g/mol. The molecule has 0 bridgehead atoms. The number of aromatic nitrogens is 2. The molecule has 6 nitrogen and oxygen atoms in total. The Bertz CT molecular complexity index is 1160. The Morgan fingerprint density at radius 3 is 2.45 bits per heavy atom. The van der Waals surface area contributed by atoms with Crippen LogP contribution >= 0.6 is 0 Å². The maximum Gasteiger partial charge on any atom is 0.258 e. The quantitative estimate of drug-likeness (QED) is 0.707. The number of rotatable bonds is 4. The molecule has 0 spiro atoms. The van der Waals surface area contributed by atoms with Gasteiger partial charge in [-0.2, -0.15) is 0 Å². The van der Waals surface area contributed by atoms with Gasteiger partial charge in [-0.3, -0.25) is 9.59 Å². The lowest BCUT2D eigenvalue weighted by atomic mass is 10.1. The van der Waals surface area contributed by atoms with E-state index >= 15 is 0 Å². The van der Waals surface area contributed by atoms with Gasteiger partial charge in [-0.25, -0.2) is 14.4 Å². The lowest BCUT2D eigenvalue weighted by Gasteiger charge is -2.12. The lowest BCUT2D eigenvalue weighted by molar-refractivity contribution is 0.0949. The Labute approximate surface area is 167 Å². The molecule has 7 heteroatoms. The summed E-state index contributed by atoms with van der Waals surface area (Å²) in [5, 5.41) is 5.72. The molecular formula is C22H21FN4O2. The van der Waals surface area contributed by atoms with Crippen LogP contribution in [0.5, 0.6) is 0 Å². The molecule has 1 fully saturated rings. The highest BCUT2D eigenvalue weighted by molar-refractivity contribution is 6.12. The number of carbonyl (C=O) groups excluding carboxylic acids is 2. The van der Waals surface area contributed by atoms with Gasteiger partial charge >= 0.3 is 0 Å². The fraction of sp³-hybridized carbons (Fsp3) is 0.273. The van der Waals surface area contributed by atoms with Crippen molar-refractivity contribution in [3.8, 4) is 0 Å². The summed E-state index contributed by atoms with van der Waals surface area (Å²) < 4.78 is 14.1. The minimum atomic E-state index is -0.561. The molecule has 0 unspecified atom stereocenters. The van der Waals surface area contributed by atoms with Crippen LogP contribution in [-0.2, 0) is 0 Å². The smallest absolute Gasteiger partial charge is 0.258 e. The molecule has 1 aromatic heterocycles. The Kier molecular flexibility index (Phi) is 4.74. The molecule has 1 aliphatic rings. The molecule has 148 valence electrons. The molecule has 2 amide bonds. The van der Waals surface area contributed by atoms with Crippen LogP contribution in [0.1, 0.15) is 50.5 Å². The van der Waals surface area contributed by atoms with E-state index in [1.807, 2.05) is 6.92 Å². The van der Waals surface area contributed by atoms with Gasteiger partial charge in [-0.1, -0.05) is 6.07 Å². The van der Waals surface area contributed by atoms with Crippen molar-refractivity contribution < 1.29 is 14.0 Å². The van der Waals surface area contributed by atoms with E-state index < -0.39 is 11.7 Å². The number of aryl methyl sites for hydroxylation is 3. The average molecular weight is 392 g/mol. The first-order valence-corrected chi connectivity index (χ1v) is 9.49. The zero-order valence-corrected chi connectivity index (χ0v) is 16.5. The highest BCUT2D eigenvalue weighted by Crippen LogP contribution is 2.24. The summed E-state index contributed by atoms with van der Waals surface area (Å²) in [7, 11) is 0. The van der Waals surface area contributed by atoms with Crippen molar-refractivity contribution in [2.24, 2.45) is 0 Å². The van der Waals surface area contributed by atoms with Gasteiger partial charge in [-0.05, 0) is 57.4 Å². The molecule has 1 heterocycles. The zero-order valence-electron chi connectivity index (χ0n) is 16.5. The number of halogens is 1.